The molecule has 0 amide bonds. The molecule has 0 spiro atoms. The number of Topliss-reactive ketones (excluding diaryl/α,β-unsaturated/α-hetero) is 1. The van der Waals surface area contributed by atoms with Crippen LogP contribution in [0.25, 0.3) is 6.08 Å². The number of benzene rings is 2. The minimum atomic E-state index is 0.186. The lowest BCUT2D eigenvalue weighted by Gasteiger charge is -2.28. The Kier molecular flexibility index (Phi) is 5.16. The molecule has 4 heteroatoms. The summed E-state index contributed by atoms with van der Waals surface area (Å²) in [6.07, 6.45) is 2.41. The molecule has 0 saturated carbocycles. The molecule has 0 aromatic heterocycles. The third kappa shape index (κ3) is 4.03. The highest BCUT2D eigenvalue weighted by molar-refractivity contribution is 6.42. The van der Waals surface area contributed by atoms with E-state index >= 15 is 0 Å². The van der Waals surface area contributed by atoms with Gasteiger partial charge in [0.2, 0.25) is 0 Å². The monoisotopic (exact) mass is 345 g/mol. The largest absolute Gasteiger partial charge is 0.294 e. The molecule has 1 aliphatic rings. The fraction of sp³-hybridized carbons (Fsp3) is 0.211. The summed E-state index contributed by atoms with van der Waals surface area (Å²) in [5.41, 5.74) is 2.84. The van der Waals surface area contributed by atoms with E-state index in [4.69, 9.17) is 23.2 Å². The number of piperidine rings is 1. The van der Waals surface area contributed by atoms with Crippen LogP contribution in [0.3, 0.4) is 0 Å². The molecule has 2 aromatic rings. The van der Waals surface area contributed by atoms with E-state index in [0.717, 1.165) is 24.2 Å². The molecule has 0 unspecified atom stereocenters. The van der Waals surface area contributed by atoms with Gasteiger partial charge >= 0.3 is 0 Å². The van der Waals surface area contributed by atoms with Gasteiger partial charge in [-0.1, -0.05) is 65.7 Å². The molecule has 0 aliphatic carbocycles. The molecule has 2 aromatic carbocycles. The van der Waals surface area contributed by atoms with Crippen molar-refractivity contribution in [3.63, 3.8) is 0 Å². The van der Waals surface area contributed by atoms with Gasteiger partial charge in [-0.15, -0.1) is 0 Å². The van der Waals surface area contributed by atoms with E-state index in [-0.39, 0.29) is 5.78 Å². The number of rotatable bonds is 3. The zero-order valence-corrected chi connectivity index (χ0v) is 14.1. The van der Waals surface area contributed by atoms with Gasteiger partial charge in [0.15, 0.2) is 5.78 Å². The Labute approximate surface area is 146 Å². The van der Waals surface area contributed by atoms with Crippen LogP contribution in [0.15, 0.2) is 54.1 Å². The zero-order chi connectivity index (χ0) is 16.2. The number of carbonyl (C=O) groups excluding carboxylic acids is 1. The molecule has 2 nitrogen and oxygen atoms in total. The molecule has 0 atom stereocenters. The molecular weight excluding hydrogens is 329 g/mol. The number of likely N-dealkylation sites (tertiary alicyclic amines) is 1. The van der Waals surface area contributed by atoms with Gasteiger partial charge in [-0.2, -0.15) is 0 Å². The van der Waals surface area contributed by atoms with Crippen LogP contribution in [0.1, 0.15) is 17.5 Å². The van der Waals surface area contributed by atoms with Crippen LogP contribution in [0, 0.1) is 0 Å². The highest BCUT2D eigenvalue weighted by Crippen LogP contribution is 2.28. The van der Waals surface area contributed by atoms with E-state index in [1.165, 1.54) is 5.56 Å². The van der Waals surface area contributed by atoms with Gasteiger partial charge in [0.25, 0.3) is 0 Å². The Morgan fingerprint density at radius 2 is 1.83 bits per heavy atom. The molecule has 0 bridgehead atoms. The van der Waals surface area contributed by atoms with Crippen molar-refractivity contribution in [3.8, 4) is 0 Å². The predicted molar refractivity (Wildman–Crippen MR) is 95.8 cm³/mol. The van der Waals surface area contributed by atoms with E-state index in [1.54, 1.807) is 6.07 Å². The van der Waals surface area contributed by atoms with Crippen molar-refractivity contribution in [2.24, 2.45) is 0 Å². The second kappa shape index (κ2) is 7.31. The van der Waals surface area contributed by atoms with E-state index in [1.807, 2.05) is 36.4 Å². The van der Waals surface area contributed by atoms with Crippen LogP contribution in [0.4, 0.5) is 0 Å². The maximum atomic E-state index is 12.2. The summed E-state index contributed by atoms with van der Waals surface area (Å²) in [6, 6.07) is 15.8. The third-order valence-corrected chi connectivity index (χ3v) is 4.80. The van der Waals surface area contributed by atoms with E-state index in [2.05, 4.69) is 17.0 Å². The van der Waals surface area contributed by atoms with Gasteiger partial charge < -0.3 is 0 Å². The maximum absolute atomic E-state index is 12.2. The van der Waals surface area contributed by atoms with E-state index in [0.29, 0.717) is 23.0 Å². The molecule has 118 valence electrons. The van der Waals surface area contributed by atoms with Crippen LogP contribution in [-0.4, -0.2) is 23.8 Å². The Balaban J connectivity index is 1.79. The van der Waals surface area contributed by atoms with Crippen molar-refractivity contribution in [2.75, 3.05) is 13.1 Å². The first kappa shape index (κ1) is 16.3. The average Bonchev–Trinajstić information content (AvgIpc) is 2.56. The summed E-state index contributed by atoms with van der Waals surface area (Å²) < 4.78 is 0. The first-order valence-corrected chi connectivity index (χ1v) is 8.33. The van der Waals surface area contributed by atoms with Gasteiger partial charge in [-0.25, -0.2) is 0 Å². The lowest BCUT2D eigenvalue weighted by atomic mass is 9.99. The van der Waals surface area contributed by atoms with Crippen molar-refractivity contribution in [3.05, 3.63) is 75.3 Å². The first-order chi connectivity index (χ1) is 11.1. The summed E-state index contributed by atoms with van der Waals surface area (Å²) in [7, 11) is 0. The highest BCUT2D eigenvalue weighted by atomic mass is 35.5. The summed E-state index contributed by atoms with van der Waals surface area (Å²) in [5.74, 6) is 0.186. The summed E-state index contributed by atoms with van der Waals surface area (Å²) >= 11 is 12.3. The molecule has 23 heavy (non-hydrogen) atoms. The second-order valence-electron chi connectivity index (χ2n) is 5.68. The highest BCUT2D eigenvalue weighted by Gasteiger charge is 2.21. The number of hydrogen-bond acceptors (Lipinski definition) is 2. The number of halogens is 2. The van der Waals surface area contributed by atoms with E-state index in [9.17, 15) is 4.79 Å². The number of nitrogens with zero attached hydrogens (tertiary/aromatic N) is 1. The Morgan fingerprint density at radius 1 is 1.04 bits per heavy atom. The van der Waals surface area contributed by atoms with Crippen LogP contribution in [-0.2, 0) is 11.3 Å². The molecule has 0 radical (unpaired) electrons. The van der Waals surface area contributed by atoms with E-state index < -0.39 is 0 Å². The fourth-order valence-electron chi connectivity index (χ4n) is 2.75. The normalized spacial score (nSPS) is 17.7. The van der Waals surface area contributed by atoms with Gasteiger partial charge in [-0.3, -0.25) is 9.69 Å². The summed E-state index contributed by atoms with van der Waals surface area (Å²) in [4.78, 5) is 14.5. The SMILES string of the molecule is O=C1CCN(Cc2ccccc2)C/C1=C\c1cccc(Cl)c1Cl. The lowest BCUT2D eigenvalue weighted by molar-refractivity contribution is -0.117. The van der Waals surface area contributed by atoms with Crippen molar-refractivity contribution in [1.82, 2.24) is 4.90 Å². The van der Waals surface area contributed by atoms with Crippen molar-refractivity contribution in [2.45, 2.75) is 13.0 Å². The molecule has 0 N–H and O–H groups in total. The number of ketones is 1. The predicted octanol–water partition coefficient (Wildman–Crippen LogP) is 4.85. The molecule has 1 fully saturated rings. The van der Waals surface area contributed by atoms with Crippen LogP contribution in [0.2, 0.25) is 10.0 Å². The first-order valence-electron chi connectivity index (χ1n) is 7.57. The minimum Gasteiger partial charge on any atom is -0.294 e. The average molecular weight is 346 g/mol. The Morgan fingerprint density at radius 3 is 2.61 bits per heavy atom. The Hall–Kier alpha value is -1.61. The topological polar surface area (TPSA) is 20.3 Å². The minimum absolute atomic E-state index is 0.186. The number of carbonyl (C=O) groups is 1. The second-order valence-corrected chi connectivity index (χ2v) is 6.47. The molecule has 1 aliphatic heterocycles. The Bertz CT molecular complexity index is 740. The smallest absolute Gasteiger partial charge is 0.161 e. The van der Waals surface area contributed by atoms with Crippen molar-refractivity contribution >= 4 is 35.1 Å². The maximum Gasteiger partial charge on any atom is 0.161 e. The fourth-order valence-corrected chi connectivity index (χ4v) is 3.11. The van der Waals surface area contributed by atoms with Crippen LogP contribution in [0.5, 0.6) is 0 Å². The quantitative estimate of drug-likeness (QED) is 0.741. The number of hydrogen-bond donors (Lipinski definition) is 0. The summed E-state index contributed by atoms with van der Waals surface area (Å²) in [5, 5.41) is 1.00. The van der Waals surface area contributed by atoms with Gasteiger partial charge in [0, 0.05) is 31.6 Å². The van der Waals surface area contributed by atoms with Gasteiger partial charge in [0.05, 0.1) is 10.0 Å². The standard InChI is InChI=1S/C19H17Cl2NO/c20-17-8-4-7-15(19(17)21)11-16-13-22(10-9-18(16)23)12-14-5-2-1-3-6-14/h1-8,11H,9-10,12-13H2/b16-11+. The molecule has 1 saturated heterocycles. The molecular formula is C19H17Cl2NO. The van der Waals surface area contributed by atoms with Crippen molar-refractivity contribution in [1.29, 1.82) is 0 Å². The van der Waals surface area contributed by atoms with Crippen LogP contribution >= 0.6 is 23.2 Å². The molecule has 1 heterocycles. The van der Waals surface area contributed by atoms with Gasteiger partial charge in [0.1, 0.15) is 0 Å². The molecule has 3 rings (SSSR count). The lowest BCUT2D eigenvalue weighted by Crippen LogP contribution is -2.35. The van der Waals surface area contributed by atoms with Gasteiger partial charge in [-0.05, 0) is 23.3 Å². The van der Waals surface area contributed by atoms with Crippen molar-refractivity contribution < 1.29 is 4.79 Å². The third-order valence-electron chi connectivity index (χ3n) is 3.97. The zero-order valence-electron chi connectivity index (χ0n) is 12.6. The summed E-state index contributed by atoms with van der Waals surface area (Å²) in [6.45, 7) is 2.26. The van der Waals surface area contributed by atoms with Crippen LogP contribution < -0.4 is 0 Å².